The zero-order valence-electron chi connectivity index (χ0n) is 19.4. The normalized spacial score (nSPS) is 10.3. The van der Waals surface area contributed by atoms with Crippen LogP contribution < -0.4 is 25.1 Å². The lowest BCUT2D eigenvalue weighted by molar-refractivity contribution is -0.131. The lowest BCUT2D eigenvalue weighted by Crippen LogP contribution is -2.45. The summed E-state index contributed by atoms with van der Waals surface area (Å²) in [7, 11) is 1.52. The number of carbonyl (C=O) groups excluding carboxylic acids is 2. The highest BCUT2D eigenvalue weighted by atomic mass is 16.5. The van der Waals surface area contributed by atoms with Crippen molar-refractivity contribution < 1.29 is 23.8 Å². The van der Waals surface area contributed by atoms with Gasteiger partial charge in [0.15, 0.2) is 24.7 Å². The molecule has 0 aliphatic heterocycles. The van der Waals surface area contributed by atoms with Gasteiger partial charge in [0.25, 0.3) is 11.8 Å². The van der Waals surface area contributed by atoms with Gasteiger partial charge in [-0.05, 0) is 60.0 Å². The minimum atomic E-state index is -0.537. The molecule has 0 aromatic heterocycles. The van der Waals surface area contributed by atoms with E-state index in [0.29, 0.717) is 22.8 Å². The third kappa shape index (κ3) is 7.37. The first-order valence-electron chi connectivity index (χ1n) is 10.8. The molecule has 8 heteroatoms. The third-order valence-electron chi connectivity index (χ3n) is 4.82. The summed E-state index contributed by atoms with van der Waals surface area (Å²) in [4.78, 5) is 24.0. The quantitative estimate of drug-likeness (QED) is 0.459. The second-order valence-corrected chi connectivity index (χ2v) is 7.30. The van der Waals surface area contributed by atoms with E-state index in [9.17, 15) is 9.59 Å². The number of benzene rings is 3. The number of amides is 2. The van der Waals surface area contributed by atoms with Crippen LogP contribution in [0.15, 0.2) is 72.8 Å². The summed E-state index contributed by atoms with van der Waals surface area (Å²) in [5.74, 6) is 0.347. The molecule has 0 saturated carbocycles. The van der Waals surface area contributed by atoms with E-state index in [1.54, 1.807) is 36.4 Å². The van der Waals surface area contributed by atoms with Crippen LogP contribution in [0, 0.1) is 11.3 Å². The number of rotatable bonds is 9. The number of ether oxygens (including phenoxy) is 3. The molecule has 0 unspecified atom stereocenters. The van der Waals surface area contributed by atoms with Crippen molar-refractivity contribution in [2.75, 3.05) is 20.3 Å². The van der Waals surface area contributed by atoms with Crippen molar-refractivity contribution in [1.82, 2.24) is 10.9 Å². The molecule has 0 fully saturated rings. The molecule has 0 bridgehead atoms. The summed E-state index contributed by atoms with van der Waals surface area (Å²) in [5, 5.41) is 8.89. The van der Waals surface area contributed by atoms with E-state index in [0.717, 1.165) is 16.7 Å². The van der Waals surface area contributed by atoms with Crippen LogP contribution in [0.1, 0.15) is 18.1 Å². The van der Waals surface area contributed by atoms with Crippen molar-refractivity contribution >= 4 is 17.9 Å². The van der Waals surface area contributed by atoms with Crippen LogP contribution in [0.4, 0.5) is 0 Å². The highest BCUT2D eigenvalue weighted by Gasteiger charge is 2.10. The fraction of sp³-hybridized carbons (Fsp3) is 0.148. The number of nitrogens with zero attached hydrogens (tertiary/aromatic N) is 1. The fourth-order valence-corrected chi connectivity index (χ4v) is 3.08. The Hall–Kier alpha value is -4.77. The largest absolute Gasteiger partial charge is 0.493 e. The summed E-state index contributed by atoms with van der Waals surface area (Å²) < 4.78 is 16.2. The van der Waals surface area contributed by atoms with Gasteiger partial charge in [0.1, 0.15) is 5.75 Å². The standard InChI is InChI=1S/C27H25N3O5/c1-3-4-19-7-14-24(25(15-19)33-2)35-18-27(32)30-29-26(31)17-34-23-12-10-22(11-13-23)21-8-5-20(16-28)6-9-21/h3-15H,17-18H2,1-2H3,(H,29,31)(H,30,32)/b4-3+. The Kier molecular flexibility index (Phi) is 8.85. The molecule has 0 radical (unpaired) electrons. The summed E-state index contributed by atoms with van der Waals surface area (Å²) >= 11 is 0. The molecule has 3 aromatic rings. The van der Waals surface area contributed by atoms with Gasteiger partial charge >= 0.3 is 0 Å². The number of methoxy groups -OCH3 is 1. The first-order valence-corrected chi connectivity index (χ1v) is 10.8. The highest BCUT2D eigenvalue weighted by Crippen LogP contribution is 2.28. The molecule has 178 valence electrons. The van der Waals surface area contributed by atoms with Gasteiger partial charge in [0, 0.05) is 0 Å². The zero-order valence-corrected chi connectivity index (χ0v) is 19.4. The van der Waals surface area contributed by atoms with Gasteiger partial charge < -0.3 is 14.2 Å². The number of carbonyl (C=O) groups is 2. The topological polar surface area (TPSA) is 110 Å². The number of hydrogen-bond acceptors (Lipinski definition) is 6. The molecule has 2 amide bonds. The molecule has 35 heavy (non-hydrogen) atoms. The minimum Gasteiger partial charge on any atom is -0.493 e. The number of hydrogen-bond donors (Lipinski definition) is 2. The number of nitrogens with one attached hydrogen (secondary N) is 2. The molecular weight excluding hydrogens is 446 g/mol. The van der Waals surface area contributed by atoms with Gasteiger partial charge in [0.05, 0.1) is 18.7 Å². The van der Waals surface area contributed by atoms with Gasteiger partial charge in [-0.2, -0.15) is 5.26 Å². The first kappa shape index (κ1) is 24.9. The molecule has 0 heterocycles. The average molecular weight is 472 g/mol. The van der Waals surface area contributed by atoms with Crippen molar-refractivity contribution in [3.05, 3.63) is 83.9 Å². The van der Waals surface area contributed by atoms with Crippen molar-refractivity contribution in [3.63, 3.8) is 0 Å². The molecule has 3 rings (SSSR count). The molecule has 2 N–H and O–H groups in total. The number of hydrazine groups is 1. The van der Waals surface area contributed by atoms with Crippen LogP contribution in [0.3, 0.4) is 0 Å². The highest BCUT2D eigenvalue weighted by molar-refractivity contribution is 5.83. The van der Waals surface area contributed by atoms with Gasteiger partial charge in [-0.25, -0.2) is 0 Å². The summed E-state index contributed by atoms with van der Waals surface area (Å²) in [5.41, 5.74) is 8.01. The maximum atomic E-state index is 12.0. The van der Waals surface area contributed by atoms with E-state index in [4.69, 9.17) is 19.5 Å². The Morgan fingerprint density at radius 1 is 0.857 bits per heavy atom. The minimum absolute atomic E-state index is 0.280. The molecular formula is C27H25N3O5. The second kappa shape index (κ2) is 12.5. The lowest BCUT2D eigenvalue weighted by atomic mass is 10.0. The first-order chi connectivity index (χ1) is 17.0. The SMILES string of the molecule is C/C=C/c1ccc(OCC(=O)NNC(=O)COc2ccc(-c3ccc(C#N)cc3)cc2)c(OC)c1. The molecule has 8 nitrogen and oxygen atoms in total. The van der Waals surface area contributed by atoms with Crippen molar-refractivity contribution in [3.8, 4) is 34.4 Å². The van der Waals surface area contributed by atoms with Crippen LogP contribution in [0.5, 0.6) is 17.2 Å². The Labute approximate surface area is 203 Å². The molecule has 0 aliphatic carbocycles. The Morgan fingerprint density at radius 3 is 2.03 bits per heavy atom. The zero-order chi connectivity index (χ0) is 25.0. The number of nitriles is 1. The second-order valence-electron chi connectivity index (χ2n) is 7.30. The summed E-state index contributed by atoms with van der Waals surface area (Å²) in [6.07, 6.45) is 3.82. The van der Waals surface area contributed by atoms with Crippen molar-refractivity contribution in [2.24, 2.45) is 0 Å². The molecule has 0 atom stereocenters. The smallest absolute Gasteiger partial charge is 0.276 e. The predicted molar refractivity (Wildman–Crippen MR) is 132 cm³/mol. The van der Waals surface area contributed by atoms with E-state index < -0.39 is 11.8 Å². The van der Waals surface area contributed by atoms with E-state index in [1.807, 2.05) is 49.4 Å². The predicted octanol–water partition coefficient (Wildman–Crippen LogP) is 3.87. The fourth-order valence-electron chi connectivity index (χ4n) is 3.08. The monoisotopic (exact) mass is 471 g/mol. The summed E-state index contributed by atoms with van der Waals surface area (Å²) in [6, 6.07) is 21.8. The average Bonchev–Trinajstić information content (AvgIpc) is 2.90. The van der Waals surface area contributed by atoms with Crippen LogP contribution in [0.25, 0.3) is 17.2 Å². The van der Waals surface area contributed by atoms with Crippen molar-refractivity contribution in [1.29, 1.82) is 5.26 Å². The lowest BCUT2D eigenvalue weighted by Gasteiger charge is -2.12. The molecule has 3 aromatic carbocycles. The maximum absolute atomic E-state index is 12.0. The number of allylic oxidation sites excluding steroid dienone is 1. The van der Waals surface area contributed by atoms with Crippen LogP contribution in [0.2, 0.25) is 0 Å². The van der Waals surface area contributed by atoms with Gasteiger partial charge in [-0.15, -0.1) is 0 Å². The Bertz CT molecular complexity index is 1230. The Morgan fingerprint density at radius 2 is 1.46 bits per heavy atom. The van der Waals surface area contributed by atoms with E-state index >= 15 is 0 Å². The van der Waals surface area contributed by atoms with Crippen LogP contribution >= 0.6 is 0 Å². The molecule has 0 aliphatic rings. The van der Waals surface area contributed by atoms with Crippen LogP contribution in [-0.2, 0) is 9.59 Å². The van der Waals surface area contributed by atoms with Crippen molar-refractivity contribution in [2.45, 2.75) is 6.92 Å². The van der Waals surface area contributed by atoms with Gasteiger partial charge in [-0.1, -0.05) is 42.5 Å². The maximum Gasteiger partial charge on any atom is 0.276 e. The van der Waals surface area contributed by atoms with E-state index in [2.05, 4.69) is 16.9 Å². The van der Waals surface area contributed by atoms with E-state index in [-0.39, 0.29) is 13.2 Å². The van der Waals surface area contributed by atoms with Gasteiger partial charge in [0.2, 0.25) is 0 Å². The van der Waals surface area contributed by atoms with E-state index in [1.165, 1.54) is 7.11 Å². The van der Waals surface area contributed by atoms with Crippen LogP contribution in [-0.4, -0.2) is 32.1 Å². The van der Waals surface area contributed by atoms with Gasteiger partial charge in [-0.3, -0.25) is 20.4 Å². The summed E-state index contributed by atoms with van der Waals surface area (Å²) in [6.45, 7) is 1.32. The molecule has 0 spiro atoms. The molecule has 0 saturated heterocycles. The third-order valence-corrected chi connectivity index (χ3v) is 4.82. The Balaban J connectivity index is 1.41.